The molecular formula is C4H9BN2O2P. The summed E-state index contributed by atoms with van der Waals surface area (Å²) in [5, 5.41) is 9.01. The minimum Gasteiger partial charge on any atom is -0.450 e. The Bertz CT molecular complexity index is 122. The molecule has 0 bridgehead atoms. The number of carbonyl (C=O) groups excluding carboxylic acids is 1. The maximum absolute atomic E-state index is 10.4. The molecule has 0 saturated heterocycles. The average Bonchev–Trinajstić information content (AvgIpc) is 1.98. The third-order valence-corrected chi connectivity index (χ3v) is 1.22. The second kappa shape index (κ2) is 6.55. The van der Waals surface area contributed by atoms with Gasteiger partial charge in [-0.1, -0.05) is 8.25 Å². The third kappa shape index (κ3) is 5.57. The van der Waals surface area contributed by atoms with E-state index in [1.54, 1.807) is 7.00 Å². The molecule has 1 amide bonds. The molecule has 0 aliphatic rings. The topological polar surface area (TPSA) is 62.2 Å². The third-order valence-electron chi connectivity index (χ3n) is 0.776. The fraction of sp³-hybridized carbons (Fsp3) is 0.750. The predicted molar refractivity (Wildman–Crippen MR) is 40.6 cm³/mol. The van der Waals surface area contributed by atoms with Crippen LogP contribution in [-0.2, 0) is 4.74 Å². The maximum atomic E-state index is 10.4. The highest BCUT2D eigenvalue weighted by atomic mass is 31.1. The van der Waals surface area contributed by atoms with Crippen LogP contribution in [0.15, 0.2) is 0 Å². The van der Waals surface area contributed by atoms with Crippen molar-refractivity contribution in [3.05, 3.63) is 0 Å². The van der Waals surface area contributed by atoms with Crippen LogP contribution in [0.1, 0.15) is 0 Å². The standard InChI is InChI=1S/C4H9BN2O2P/c1-7-4(8)9-3-2-5-10-6/h6H,2-3H2,1H3,(H,7,8). The van der Waals surface area contributed by atoms with Crippen molar-refractivity contribution in [1.29, 1.82) is 5.16 Å². The van der Waals surface area contributed by atoms with Gasteiger partial charge in [0.25, 0.3) is 0 Å². The van der Waals surface area contributed by atoms with Crippen LogP contribution < -0.4 is 5.32 Å². The summed E-state index contributed by atoms with van der Waals surface area (Å²) in [6, 6.07) is 0. The molecule has 0 unspecified atom stereocenters. The Labute approximate surface area is 62.2 Å². The first kappa shape index (κ1) is 9.43. The molecular weight excluding hydrogens is 150 g/mol. The molecule has 4 nitrogen and oxygen atoms in total. The fourth-order valence-electron chi connectivity index (χ4n) is 0.341. The lowest BCUT2D eigenvalue weighted by Gasteiger charge is -1.99. The molecule has 0 aromatic carbocycles. The summed E-state index contributed by atoms with van der Waals surface area (Å²) >= 11 is 0. The van der Waals surface area contributed by atoms with Gasteiger partial charge in [0.1, 0.15) is 0 Å². The van der Waals surface area contributed by atoms with E-state index in [-0.39, 0.29) is 0 Å². The number of rotatable bonds is 4. The summed E-state index contributed by atoms with van der Waals surface area (Å²) < 4.78 is 4.62. The molecule has 0 atom stereocenters. The second-order valence-electron chi connectivity index (χ2n) is 1.49. The molecule has 1 radical (unpaired) electrons. The van der Waals surface area contributed by atoms with Gasteiger partial charge in [-0.2, -0.15) is 0 Å². The molecule has 55 valence electrons. The molecule has 2 N–H and O–H groups in total. The van der Waals surface area contributed by atoms with Crippen molar-refractivity contribution < 1.29 is 9.53 Å². The lowest BCUT2D eigenvalue weighted by atomic mass is 10.0. The van der Waals surface area contributed by atoms with E-state index in [0.717, 1.165) is 0 Å². The Morgan fingerprint density at radius 1 is 1.90 bits per heavy atom. The molecule has 6 heteroatoms. The van der Waals surface area contributed by atoms with Gasteiger partial charge < -0.3 is 10.1 Å². The summed E-state index contributed by atoms with van der Waals surface area (Å²) in [5.41, 5.74) is 0. The summed E-state index contributed by atoms with van der Waals surface area (Å²) in [7, 11) is 1.98. The molecule has 0 saturated carbocycles. The van der Waals surface area contributed by atoms with Crippen molar-refractivity contribution in [2.45, 2.75) is 6.32 Å². The number of amides is 1. The molecule has 0 fully saturated rings. The van der Waals surface area contributed by atoms with E-state index in [1.165, 1.54) is 7.05 Å². The van der Waals surface area contributed by atoms with Crippen LogP contribution in [-0.4, -0.2) is 26.7 Å². The van der Waals surface area contributed by atoms with E-state index in [4.69, 9.17) is 5.16 Å². The molecule has 0 heterocycles. The average molecular weight is 159 g/mol. The van der Waals surface area contributed by atoms with Crippen LogP contribution in [0.5, 0.6) is 0 Å². The first-order valence-electron chi connectivity index (χ1n) is 2.84. The van der Waals surface area contributed by atoms with E-state index < -0.39 is 6.09 Å². The van der Waals surface area contributed by atoms with Crippen molar-refractivity contribution in [2.24, 2.45) is 0 Å². The maximum Gasteiger partial charge on any atom is 0.406 e. The Kier molecular flexibility index (Phi) is 6.18. The zero-order valence-corrected chi connectivity index (χ0v) is 6.65. The molecule has 0 rings (SSSR count). The largest absolute Gasteiger partial charge is 0.450 e. The van der Waals surface area contributed by atoms with E-state index >= 15 is 0 Å². The predicted octanol–water partition coefficient (Wildman–Crippen LogP) is 1.09. The van der Waals surface area contributed by atoms with Gasteiger partial charge in [-0.05, 0) is 6.32 Å². The fourth-order valence-corrected chi connectivity index (χ4v) is 0.576. The highest BCUT2D eigenvalue weighted by Gasteiger charge is 1.95. The zero-order valence-electron chi connectivity index (χ0n) is 5.76. The Morgan fingerprint density at radius 3 is 3.10 bits per heavy atom. The highest BCUT2D eigenvalue weighted by Crippen LogP contribution is 1.93. The first-order chi connectivity index (χ1) is 4.81. The Morgan fingerprint density at radius 2 is 2.60 bits per heavy atom. The van der Waals surface area contributed by atoms with Crippen LogP contribution in [0.25, 0.3) is 0 Å². The van der Waals surface area contributed by atoms with E-state index in [1.807, 2.05) is 0 Å². The molecule has 0 aliphatic heterocycles. The normalized spacial score (nSPS) is 8.90. The minimum absolute atomic E-state index is 0.353. The van der Waals surface area contributed by atoms with Gasteiger partial charge in [0.05, 0.1) is 6.61 Å². The zero-order chi connectivity index (χ0) is 7.82. The van der Waals surface area contributed by atoms with Gasteiger partial charge in [0.2, 0.25) is 7.00 Å². The summed E-state index contributed by atoms with van der Waals surface area (Å²) in [4.78, 5) is 10.4. The van der Waals surface area contributed by atoms with Crippen LogP contribution in [0.3, 0.4) is 0 Å². The second-order valence-corrected chi connectivity index (χ2v) is 2.11. The van der Waals surface area contributed by atoms with E-state index in [9.17, 15) is 4.79 Å². The summed E-state index contributed by atoms with van der Waals surface area (Å²) in [6.45, 7) is 2.06. The minimum atomic E-state index is -0.421. The molecule has 0 spiro atoms. The lowest BCUT2D eigenvalue weighted by Crippen LogP contribution is -2.19. The number of hydrogen-bond donors (Lipinski definition) is 2. The summed E-state index contributed by atoms with van der Waals surface area (Å²) in [5.74, 6) is 0. The van der Waals surface area contributed by atoms with Crippen molar-refractivity contribution in [3.63, 3.8) is 0 Å². The van der Waals surface area contributed by atoms with Crippen molar-refractivity contribution in [3.8, 4) is 0 Å². The molecule has 10 heavy (non-hydrogen) atoms. The van der Waals surface area contributed by atoms with Crippen molar-refractivity contribution in [2.75, 3.05) is 13.7 Å². The smallest absolute Gasteiger partial charge is 0.406 e. The molecule has 0 aromatic heterocycles. The monoisotopic (exact) mass is 159 g/mol. The van der Waals surface area contributed by atoms with Gasteiger partial charge in [0, 0.05) is 7.05 Å². The number of alkyl carbamates (subject to hydrolysis) is 1. The van der Waals surface area contributed by atoms with Gasteiger partial charge in [-0.25, -0.2) is 4.79 Å². The van der Waals surface area contributed by atoms with Gasteiger partial charge in [-0.3, -0.25) is 5.16 Å². The molecule has 0 aromatic rings. The lowest BCUT2D eigenvalue weighted by molar-refractivity contribution is 0.154. The summed E-state index contributed by atoms with van der Waals surface area (Å²) in [6.07, 6.45) is 0.216. The number of ether oxygens (including phenoxy) is 1. The van der Waals surface area contributed by atoms with Crippen LogP contribution in [0, 0.1) is 5.16 Å². The SMILES string of the molecule is CNC(=O)OCC[B]P=N. The highest BCUT2D eigenvalue weighted by molar-refractivity contribution is 7.61. The van der Waals surface area contributed by atoms with Gasteiger partial charge >= 0.3 is 6.09 Å². The molecule has 0 aliphatic carbocycles. The van der Waals surface area contributed by atoms with Gasteiger partial charge in [0.15, 0.2) is 0 Å². The van der Waals surface area contributed by atoms with Crippen molar-refractivity contribution >= 4 is 21.3 Å². The van der Waals surface area contributed by atoms with E-state index in [2.05, 4.69) is 10.1 Å². The Balaban J connectivity index is 3.03. The first-order valence-corrected chi connectivity index (χ1v) is 3.80. The van der Waals surface area contributed by atoms with Crippen LogP contribution >= 0.6 is 8.25 Å². The Hall–Kier alpha value is -0.565. The van der Waals surface area contributed by atoms with E-state index in [0.29, 0.717) is 21.2 Å². The quantitative estimate of drug-likeness (QED) is 0.366. The van der Waals surface area contributed by atoms with Crippen molar-refractivity contribution in [1.82, 2.24) is 5.32 Å². The number of nitrogens with one attached hydrogen (secondary N) is 2. The number of hydrogen-bond acceptors (Lipinski definition) is 3. The number of carbonyl (C=O) groups is 1. The van der Waals surface area contributed by atoms with Crippen LogP contribution in [0.4, 0.5) is 4.79 Å². The van der Waals surface area contributed by atoms with Crippen LogP contribution in [0.2, 0.25) is 6.32 Å². The van der Waals surface area contributed by atoms with Gasteiger partial charge in [-0.15, -0.1) is 0 Å².